The quantitative estimate of drug-likeness (QED) is 0.367. The van der Waals surface area contributed by atoms with Crippen molar-refractivity contribution in [1.29, 1.82) is 0 Å². The fourth-order valence-electron chi connectivity index (χ4n) is 4.40. The zero-order valence-electron chi connectivity index (χ0n) is 18.8. The SMILES string of the molecule is CCOc1cccc(C2C(C(=O)c3cc4ccccc4o3)=C(O)C(=O)N2c2ccccc2C)c1. The second kappa shape index (κ2) is 8.56. The van der Waals surface area contributed by atoms with Crippen molar-refractivity contribution in [3.05, 3.63) is 107 Å². The molecule has 1 atom stereocenters. The Hall–Kier alpha value is -4.32. The molecule has 0 aliphatic carbocycles. The van der Waals surface area contributed by atoms with Crippen LogP contribution in [0.4, 0.5) is 5.69 Å². The maximum Gasteiger partial charge on any atom is 0.294 e. The van der Waals surface area contributed by atoms with Crippen LogP contribution in [0.1, 0.15) is 34.6 Å². The van der Waals surface area contributed by atoms with Crippen LogP contribution in [-0.4, -0.2) is 23.4 Å². The number of benzene rings is 3. The van der Waals surface area contributed by atoms with Crippen molar-refractivity contribution in [2.45, 2.75) is 19.9 Å². The zero-order chi connectivity index (χ0) is 23.8. The number of aryl methyl sites for hydroxylation is 1. The molecule has 1 N–H and O–H groups in total. The molecule has 0 radical (unpaired) electrons. The van der Waals surface area contributed by atoms with Gasteiger partial charge in [-0.05, 0) is 55.3 Å². The van der Waals surface area contributed by atoms with E-state index >= 15 is 0 Å². The minimum absolute atomic E-state index is 0.0269. The average molecular weight is 453 g/mol. The van der Waals surface area contributed by atoms with Crippen molar-refractivity contribution in [2.24, 2.45) is 0 Å². The van der Waals surface area contributed by atoms with Gasteiger partial charge in [-0.2, -0.15) is 0 Å². The summed E-state index contributed by atoms with van der Waals surface area (Å²) in [6.45, 7) is 4.24. The van der Waals surface area contributed by atoms with Crippen molar-refractivity contribution in [2.75, 3.05) is 11.5 Å². The Bertz CT molecular complexity index is 1410. The second-order valence-corrected chi connectivity index (χ2v) is 8.11. The number of para-hydroxylation sites is 2. The highest BCUT2D eigenvalue weighted by Crippen LogP contribution is 2.43. The summed E-state index contributed by atoms with van der Waals surface area (Å²) in [7, 11) is 0. The molecule has 34 heavy (non-hydrogen) atoms. The molecular weight excluding hydrogens is 430 g/mol. The maximum absolute atomic E-state index is 13.7. The second-order valence-electron chi connectivity index (χ2n) is 8.11. The number of carbonyl (C=O) groups excluding carboxylic acids is 2. The normalized spacial score (nSPS) is 15.9. The summed E-state index contributed by atoms with van der Waals surface area (Å²) in [4.78, 5) is 28.5. The monoisotopic (exact) mass is 453 g/mol. The zero-order valence-corrected chi connectivity index (χ0v) is 18.8. The number of hydrogen-bond donors (Lipinski definition) is 1. The van der Waals surface area contributed by atoms with E-state index in [1.165, 1.54) is 4.90 Å². The molecule has 5 rings (SSSR count). The number of aliphatic hydroxyl groups is 1. The highest BCUT2D eigenvalue weighted by atomic mass is 16.5. The summed E-state index contributed by atoms with van der Waals surface area (Å²) in [6, 6.07) is 22.6. The average Bonchev–Trinajstić information content (AvgIpc) is 3.39. The lowest BCUT2D eigenvalue weighted by molar-refractivity contribution is -0.117. The third-order valence-corrected chi connectivity index (χ3v) is 5.96. The Morgan fingerprint density at radius 2 is 1.79 bits per heavy atom. The summed E-state index contributed by atoms with van der Waals surface area (Å²) in [5, 5.41) is 11.8. The van der Waals surface area contributed by atoms with Crippen LogP contribution in [0, 0.1) is 6.92 Å². The van der Waals surface area contributed by atoms with Gasteiger partial charge in [-0.1, -0.05) is 48.5 Å². The number of fused-ring (bicyclic) bond motifs is 1. The Labute approximate surface area is 196 Å². The van der Waals surface area contributed by atoms with E-state index in [9.17, 15) is 14.7 Å². The topological polar surface area (TPSA) is 80.0 Å². The van der Waals surface area contributed by atoms with Crippen LogP contribution in [0.25, 0.3) is 11.0 Å². The number of hydrogen-bond acceptors (Lipinski definition) is 5. The number of Topliss-reactive ketones (excluding diaryl/α,β-unsaturated/α-hetero) is 1. The molecule has 0 fully saturated rings. The number of rotatable bonds is 6. The van der Waals surface area contributed by atoms with E-state index < -0.39 is 23.5 Å². The fraction of sp³-hybridized carbons (Fsp3) is 0.143. The predicted octanol–water partition coefficient (Wildman–Crippen LogP) is 5.92. The molecule has 6 nitrogen and oxygen atoms in total. The third kappa shape index (κ3) is 3.53. The van der Waals surface area contributed by atoms with E-state index in [2.05, 4.69) is 0 Å². The first-order valence-electron chi connectivity index (χ1n) is 11.1. The van der Waals surface area contributed by atoms with Crippen molar-refractivity contribution in [1.82, 2.24) is 0 Å². The number of nitrogens with zero attached hydrogens (tertiary/aromatic N) is 1. The first-order chi connectivity index (χ1) is 16.5. The first-order valence-corrected chi connectivity index (χ1v) is 11.1. The first kappa shape index (κ1) is 21.5. The lowest BCUT2D eigenvalue weighted by Gasteiger charge is -2.28. The third-order valence-electron chi connectivity index (χ3n) is 5.96. The van der Waals surface area contributed by atoms with Gasteiger partial charge >= 0.3 is 0 Å². The van der Waals surface area contributed by atoms with Crippen molar-refractivity contribution in [3.63, 3.8) is 0 Å². The van der Waals surface area contributed by atoms with Gasteiger partial charge in [-0.15, -0.1) is 0 Å². The smallest absolute Gasteiger partial charge is 0.294 e. The van der Waals surface area contributed by atoms with Crippen LogP contribution in [0.2, 0.25) is 0 Å². The number of aliphatic hydroxyl groups excluding tert-OH is 1. The number of furan rings is 1. The van der Waals surface area contributed by atoms with Gasteiger partial charge in [0.25, 0.3) is 5.91 Å². The lowest BCUT2D eigenvalue weighted by atomic mass is 9.94. The van der Waals surface area contributed by atoms with E-state index in [0.29, 0.717) is 29.2 Å². The molecule has 2 heterocycles. The summed E-state index contributed by atoms with van der Waals surface area (Å²) in [6.07, 6.45) is 0. The van der Waals surface area contributed by atoms with Crippen molar-refractivity contribution < 1.29 is 23.8 Å². The molecule has 1 unspecified atom stereocenters. The van der Waals surface area contributed by atoms with Crippen LogP contribution >= 0.6 is 0 Å². The van der Waals surface area contributed by atoms with Crippen LogP contribution < -0.4 is 9.64 Å². The molecule has 1 aromatic heterocycles. The van der Waals surface area contributed by atoms with Gasteiger partial charge in [0.05, 0.1) is 18.2 Å². The Morgan fingerprint density at radius 3 is 2.56 bits per heavy atom. The molecule has 1 amide bonds. The number of ether oxygens (including phenoxy) is 1. The Balaban J connectivity index is 1.68. The molecule has 4 aromatic rings. The number of carbonyl (C=O) groups is 2. The van der Waals surface area contributed by atoms with E-state index in [0.717, 1.165) is 10.9 Å². The Morgan fingerprint density at radius 1 is 1.03 bits per heavy atom. The van der Waals surface area contributed by atoms with Gasteiger partial charge in [0.15, 0.2) is 11.5 Å². The van der Waals surface area contributed by atoms with Gasteiger partial charge in [0, 0.05) is 11.1 Å². The minimum Gasteiger partial charge on any atom is -0.503 e. The molecule has 0 saturated heterocycles. The van der Waals surface area contributed by atoms with Crippen LogP contribution in [0.15, 0.2) is 94.6 Å². The standard InChI is InChI=1S/C28H23NO5/c1-3-33-20-12-8-11-19(15-20)25-24(26(30)23-16-18-10-5-7-14-22(18)34-23)27(31)28(32)29(25)21-13-6-4-9-17(21)2/h4-16,25,31H,3H2,1-2H3. The summed E-state index contributed by atoms with van der Waals surface area (Å²) >= 11 is 0. The van der Waals surface area contributed by atoms with Gasteiger partial charge in [0.2, 0.25) is 5.78 Å². The van der Waals surface area contributed by atoms with Gasteiger partial charge in [-0.25, -0.2) is 0 Å². The molecule has 0 bridgehead atoms. The molecule has 3 aromatic carbocycles. The van der Waals surface area contributed by atoms with E-state index in [1.54, 1.807) is 30.3 Å². The van der Waals surface area contributed by atoms with Crippen LogP contribution in [0.3, 0.4) is 0 Å². The highest BCUT2D eigenvalue weighted by molar-refractivity contribution is 6.20. The largest absolute Gasteiger partial charge is 0.503 e. The maximum atomic E-state index is 13.7. The fourth-order valence-corrected chi connectivity index (χ4v) is 4.40. The van der Waals surface area contributed by atoms with Gasteiger partial charge < -0.3 is 14.3 Å². The summed E-state index contributed by atoms with van der Waals surface area (Å²) in [5.41, 5.74) is 2.62. The number of anilines is 1. The van der Waals surface area contributed by atoms with Crippen LogP contribution in [0.5, 0.6) is 5.75 Å². The van der Waals surface area contributed by atoms with Crippen LogP contribution in [-0.2, 0) is 4.79 Å². The Kier molecular flexibility index (Phi) is 5.42. The predicted molar refractivity (Wildman–Crippen MR) is 129 cm³/mol. The molecular formula is C28H23NO5. The van der Waals surface area contributed by atoms with Crippen molar-refractivity contribution in [3.8, 4) is 5.75 Å². The lowest BCUT2D eigenvalue weighted by Crippen LogP contribution is -2.31. The summed E-state index contributed by atoms with van der Waals surface area (Å²) in [5.74, 6) is -1.08. The number of ketones is 1. The van der Waals surface area contributed by atoms with E-state index in [-0.39, 0.29) is 11.3 Å². The minimum atomic E-state index is -0.852. The highest BCUT2D eigenvalue weighted by Gasteiger charge is 2.45. The molecule has 170 valence electrons. The van der Waals surface area contributed by atoms with E-state index in [4.69, 9.17) is 9.15 Å². The molecule has 6 heteroatoms. The van der Waals surface area contributed by atoms with Crippen molar-refractivity contribution >= 4 is 28.3 Å². The molecule has 0 spiro atoms. The summed E-state index contributed by atoms with van der Waals surface area (Å²) < 4.78 is 11.4. The van der Waals surface area contributed by atoms with Gasteiger partial charge in [0.1, 0.15) is 11.3 Å². The number of amides is 1. The van der Waals surface area contributed by atoms with E-state index in [1.807, 2.05) is 62.4 Å². The molecule has 0 saturated carbocycles. The van der Waals surface area contributed by atoms with Gasteiger partial charge in [-0.3, -0.25) is 14.5 Å². The molecule has 1 aliphatic rings. The molecule has 1 aliphatic heterocycles.